The highest BCUT2D eigenvalue weighted by Crippen LogP contribution is 2.46. The van der Waals surface area contributed by atoms with Crippen molar-refractivity contribution in [3.63, 3.8) is 0 Å². The first kappa shape index (κ1) is 25.1. The number of hydrogen-bond acceptors (Lipinski definition) is 9. The second kappa shape index (κ2) is 9.02. The number of fused-ring (bicyclic) bond motifs is 3. The molecule has 3 heterocycles. The van der Waals surface area contributed by atoms with Crippen LogP contribution in [0.1, 0.15) is 66.7 Å². The molecular formula is C24H32O9. The molecule has 33 heavy (non-hydrogen) atoms. The van der Waals surface area contributed by atoms with Gasteiger partial charge in [-0.25, -0.2) is 4.79 Å². The van der Waals surface area contributed by atoms with Gasteiger partial charge in [0.1, 0.15) is 5.60 Å². The summed E-state index contributed by atoms with van der Waals surface area (Å²) < 4.78 is 22.9. The van der Waals surface area contributed by atoms with Crippen molar-refractivity contribution in [3.8, 4) is 0 Å². The van der Waals surface area contributed by atoms with Crippen molar-refractivity contribution in [2.75, 3.05) is 0 Å². The number of ether oxygens (including phenoxy) is 4. The topological polar surface area (TPSA) is 125 Å². The smallest absolute Gasteiger partial charge is 0.336 e. The molecule has 182 valence electrons. The predicted molar refractivity (Wildman–Crippen MR) is 115 cm³/mol. The number of ketones is 1. The van der Waals surface area contributed by atoms with Crippen LogP contribution in [0.3, 0.4) is 0 Å². The van der Waals surface area contributed by atoms with E-state index in [-0.39, 0.29) is 40.9 Å². The zero-order valence-electron chi connectivity index (χ0n) is 19.8. The molecule has 3 aliphatic rings. The molecule has 2 fully saturated rings. The van der Waals surface area contributed by atoms with Gasteiger partial charge in [0.15, 0.2) is 18.0 Å². The van der Waals surface area contributed by atoms with E-state index >= 15 is 0 Å². The number of hydrogen-bond donors (Lipinski definition) is 1. The zero-order valence-corrected chi connectivity index (χ0v) is 19.8. The van der Waals surface area contributed by atoms with Crippen LogP contribution in [0.2, 0.25) is 0 Å². The summed E-state index contributed by atoms with van der Waals surface area (Å²) in [6.07, 6.45) is -1.35. The normalized spacial score (nSPS) is 37.5. The first-order valence-corrected chi connectivity index (χ1v) is 11.2. The molecule has 9 heteroatoms. The number of Topliss-reactive ketones (excluding diaryl/α,β-unsaturated/α-hetero) is 1. The van der Waals surface area contributed by atoms with Crippen molar-refractivity contribution in [2.24, 2.45) is 5.92 Å². The molecule has 3 rings (SSSR count). The number of carbonyl (C=O) groups excluding carboxylic acids is 4. The predicted octanol–water partition coefficient (Wildman–Crippen LogP) is 2.29. The summed E-state index contributed by atoms with van der Waals surface area (Å²) in [6, 6.07) is 0. The summed E-state index contributed by atoms with van der Waals surface area (Å²) in [6.45, 7) is 11.3. The van der Waals surface area contributed by atoms with Gasteiger partial charge < -0.3 is 24.1 Å². The van der Waals surface area contributed by atoms with Gasteiger partial charge in [-0.3, -0.25) is 14.4 Å². The highest BCUT2D eigenvalue weighted by atomic mass is 16.7. The maximum absolute atomic E-state index is 12.7. The molecule has 0 spiro atoms. The van der Waals surface area contributed by atoms with Crippen LogP contribution in [0.15, 0.2) is 23.3 Å². The molecule has 0 unspecified atom stereocenters. The van der Waals surface area contributed by atoms with Crippen molar-refractivity contribution < 1.29 is 43.2 Å². The summed E-state index contributed by atoms with van der Waals surface area (Å²) in [7, 11) is 0. The Labute approximate surface area is 193 Å². The lowest BCUT2D eigenvalue weighted by atomic mass is 9.81. The summed E-state index contributed by atoms with van der Waals surface area (Å²) in [5, 5.41) is 11.4. The lowest BCUT2D eigenvalue weighted by molar-refractivity contribution is -0.205. The lowest BCUT2D eigenvalue weighted by Gasteiger charge is -2.40. The van der Waals surface area contributed by atoms with E-state index < -0.39 is 47.9 Å². The Hall–Kier alpha value is -2.52. The van der Waals surface area contributed by atoms with Crippen LogP contribution >= 0.6 is 0 Å². The third-order valence-corrected chi connectivity index (χ3v) is 6.79. The summed E-state index contributed by atoms with van der Waals surface area (Å²) in [5.74, 6) is -4.73. The molecule has 0 aliphatic carbocycles. The molecule has 1 N–H and O–H groups in total. The highest BCUT2D eigenvalue weighted by Gasteiger charge is 2.58. The molecule has 0 amide bonds. The minimum atomic E-state index is -2.29. The van der Waals surface area contributed by atoms with Crippen molar-refractivity contribution in [1.82, 2.24) is 0 Å². The van der Waals surface area contributed by atoms with Crippen LogP contribution in [-0.2, 0) is 38.1 Å². The summed E-state index contributed by atoms with van der Waals surface area (Å²) >= 11 is 0. The fourth-order valence-electron chi connectivity index (χ4n) is 5.00. The molecule has 0 aromatic rings. The molecular weight excluding hydrogens is 432 g/mol. The van der Waals surface area contributed by atoms with Crippen LogP contribution in [0.25, 0.3) is 0 Å². The average Bonchev–Trinajstić information content (AvgIpc) is 3.20. The van der Waals surface area contributed by atoms with Gasteiger partial charge in [-0.1, -0.05) is 13.5 Å². The molecule has 2 bridgehead atoms. The molecule has 2 saturated heterocycles. The van der Waals surface area contributed by atoms with E-state index in [9.17, 15) is 24.3 Å². The maximum atomic E-state index is 12.7. The third-order valence-electron chi connectivity index (χ3n) is 6.79. The number of aliphatic hydroxyl groups is 1. The number of carbonyl (C=O) groups is 4. The molecule has 6 atom stereocenters. The number of esters is 3. The van der Waals surface area contributed by atoms with Crippen LogP contribution < -0.4 is 0 Å². The van der Waals surface area contributed by atoms with Crippen LogP contribution in [0, 0.1) is 5.92 Å². The molecule has 3 aliphatic heterocycles. The van der Waals surface area contributed by atoms with E-state index in [2.05, 4.69) is 6.58 Å². The Morgan fingerprint density at radius 1 is 1.15 bits per heavy atom. The Morgan fingerprint density at radius 2 is 1.79 bits per heavy atom. The molecule has 9 nitrogen and oxygen atoms in total. The lowest BCUT2D eigenvalue weighted by Crippen LogP contribution is -2.54. The molecule has 0 saturated carbocycles. The van der Waals surface area contributed by atoms with Gasteiger partial charge in [-0.15, -0.1) is 0 Å². The third kappa shape index (κ3) is 4.89. The fourth-order valence-corrected chi connectivity index (χ4v) is 5.00. The van der Waals surface area contributed by atoms with E-state index in [4.69, 9.17) is 18.9 Å². The SMILES string of the molecule is C=C1C[C@]2(O)OC(=O)C(C)=C2[C@@H](OC(C)=O)[C@H](OC(C)=O)[C@]2(C)CC[C@H](O2)[C@H](C)CCC1=O. The van der Waals surface area contributed by atoms with Crippen LogP contribution in [-0.4, -0.2) is 58.5 Å². The second-order valence-corrected chi connectivity index (χ2v) is 9.50. The summed E-state index contributed by atoms with van der Waals surface area (Å²) in [5.41, 5.74) is -1.09. The van der Waals surface area contributed by atoms with Crippen molar-refractivity contribution in [3.05, 3.63) is 23.3 Å². The monoisotopic (exact) mass is 464 g/mol. The van der Waals surface area contributed by atoms with Crippen LogP contribution in [0.4, 0.5) is 0 Å². The van der Waals surface area contributed by atoms with Gasteiger partial charge in [0, 0.05) is 32.3 Å². The highest BCUT2D eigenvalue weighted by molar-refractivity contribution is 5.96. The first-order chi connectivity index (χ1) is 15.3. The first-order valence-electron chi connectivity index (χ1n) is 11.2. The van der Waals surface area contributed by atoms with E-state index in [0.717, 1.165) is 0 Å². The molecule has 0 radical (unpaired) electrons. The van der Waals surface area contributed by atoms with Gasteiger partial charge in [0.2, 0.25) is 5.79 Å². The number of rotatable bonds is 2. The molecule has 0 aromatic carbocycles. The van der Waals surface area contributed by atoms with Gasteiger partial charge >= 0.3 is 17.9 Å². The van der Waals surface area contributed by atoms with Crippen LogP contribution in [0.5, 0.6) is 0 Å². The maximum Gasteiger partial charge on any atom is 0.336 e. The Bertz CT molecular complexity index is 919. The van der Waals surface area contributed by atoms with E-state index in [0.29, 0.717) is 19.3 Å². The van der Waals surface area contributed by atoms with Crippen molar-refractivity contribution in [1.29, 1.82) is 0 Å². The van der Waals surface area contributed by atoms with Gasteiger partial charge in [-0.05, 0) is 44.6 Å². The minimum absolute atomic E-state index is 0.00235. The summed E-state index contributed by atoms with van der Waals surface area (Å²) in [4.78, 5) is 49.5. The largest absolute Gasteiger partial charge is 0.455 e. The van der Waals surface area contributed by atoms with Crippen molar-refractivity contribution >= 4 is 23.7 Å². The Morgan fingerprint density at radius 3 is 2.39 bits per heavy atom. The van der Waals surface area contributed by atoms with Gasteiger partial charge in [0.05, 0.1) is 11.7 Å². The second-order valence-electron chi connectivity index (χ2n) is 9.50. The fraction of sp³-hybridized carbons (Fsp3) is 0.667. The Kier molecular flexibility index (Phi) is 6.87. The molecule has 0 aromatic heterocycles. The van der Waals surface area contributed by atoms with E-state index in [1.54, 1.807) is 6.92 Å². The Balaban J connectivity index is 2.21. The van der Waals surface area contributed by atoms with Gasteiger partial charge in [0.25, 0.3) is 0 Å². The van der Waals surface area contributed by atoms with Gasteiger partial charge in [-0.2, -0.15) is 0 Å². The zero-order chi connectivity index (χ0) is 24.7. The van der Waals surface area contributed by atoms with E-state index in [1.807, 2.05) is 6.92 Å². The van der Waals surface area contributed by atoms with E-state index in [1.165, 1.54) is 20.8 Å². The minimum Gasteiger partial charge on any atom is -0.455 e. The standard InChI is InChI=1S/C24H32O9/c1-12-7-8-17(27)13(2)11-24(29)19(14(3)22(28)33-24)20(30-15(4)25)21(31-16(5)26)23(6)10-9-18(12)32-23/h12,18,20-21,29H,2,7-11H2,1,3-6H3/t12-,18+,20-,21+,23+,24+/m1/s1. The quantitative estimate of drug-likeness (QED) is 0.372. The van der Waals surface area contributed by atoms with Crippen molar-refractivity contribution in [2.45, 2.75) is 96.4 Å². The average molecular weight is 465 g/mol.